The Bertz CT molecular complexity index is 1410. The fourth-order valence-electron chi connectivity index (χ4n) is 3.77. The van der Waals surface area contributed by atoms with Crippen molar-refractivity contribution >= 4 is 46.3 Å². The van der Waals surface area contributed by atoms with Gasteiger partial charge in [-0.25, -0.2) is 9.97 Å². The van der Waals surface area contributed by atoms with Crippen LogP contribution in [0.4, 0.5) is 17.3 Å². The summed E-state index contributed by atoms with van der Waals surface area (Å²) < 4.78 is 0.934. The van der Waals surface area contributed by atoms with Crippen molar-refractivity contribution in [1.82, 2.24) is 15.0 Å². The number of pyridine rings is 1. The highest BCUT2D eigenvalue weighted by Crippen LogP contribution is 2.45. The minimum atomic E-state index is 0.0430. The van der Waals surface area contributed by atoms with E-state index in [4.69, 9.17) is 4.98 Å². The quantitative estimate of drug-likeness (QED) is 0.273. The molecule has 0 bridgehead atoms. The van der Waals surface area contributed by atoms with Crippen molar-refractivity contribution in [2.75, 3.05) is 16.9 Å². The summed E-state index contributed by atoms with van der Waals surface area (Å²) in [5, 5.41) is 16.1. The minimum absolute atomic E-state index is 0.0430. The first-order valence-electron chi connectivity index (χ1n) is 11.2. The van der Waals surface area contributed by atoms with Gasteiger partial charge in [-0.2, -0.15) is 5.26 Å². The van der Waals surface area contributed by atoms with Crippen molar-refractivity contribution < 1.29 is 4.79 Å². The number of hydrogen-bond acceptors (Lipinski definition) is 8. The maximum Gasteiger partial charge on any atom is 0.227 e. The molecule has 0 unspecified atom stereocenters. The average Bonchev–Trinajstić information content (AvgIpc) is 3.60. The van der Waals surface area contributed by atoms with E-state index < -0.39 is 0 Å². The van der Waals surface area contributed by atoms with Gasteiger partial charge in [-0.1, -0.05) is 12.1 Å². The van der Waals surface area contributed by atoms with E-state index in [9.17, 15) is 10.1 Å². The number of aromatic nitrogens is 3. The number of thioether (sulfide) groups is 1. The third kappa shape index (κ3) is 5.34. The van der Waals surface area contributed by atoms with Gasteiger partial charge in [0.2, 0.25) is 11.9 Å². The summed E-state index contributed by atoms with van der Waals surface area (Å²) in [6.07, 6.45) is 10.0. The van der Waals surface area contributed by atoms with Crippen LogP contribution in [0.2, 0.25) is 0 Å². The van der Waals surface area contributed by atoms with Gasteiger partial charge < -0.3 is 10.6 Å². The molecule has 0 spiro atoms. The molecule has 1 aromatic carbocycles. The predicted molar refractivity (Wildman–Crippen MR) is 141 cm³/mol. The molecule has 1 saturated carbocycles. The lowest BCUT2D eigenvalue weighted by Gasteiger charge is -2.10. The monoisotopic (exact) mass is 498 g/mol. The topological polar surface area (TPSA) is 104 Å². The van der Waals surface area contributed by atoms with Gasteiger partial charge in [0.15, 0.2) is 0 Å². The average molecular weight is 499 g/mol. The van der Waals surface area contributed by atoms with Gasteiger partial charge in [-0.05, 0) is 55.3 Å². The van der Waals surface area contributed by atoms with E-state index in [0.717, 1.165) is 50.1 Å². The standard InChI is InChI=1S/C26H22N6OS2/c1-34-25-20(14-27)23(17-4-3-10-28-15-17)24(35-25)21-9-11-29-26(32-21)31-19-6-2-5-18(13-19)30-22(33)12-16-7-8-16/h2-6,9-11,13,15-16H,7-8,12H2,1H3,(H,30,33)(H,29,31,32). The van der Waals surface area contributed by atoms with Crippen molar-refractivity contribution in [3.63, 3.8) is 0 Å². The molecule has 4 aromatic rings. The van der Waals surface area contributed by atoms with E-state index in [-0.39, 0.29) is 5.91 Å². The summed E-state index contributed by atoms with van der Waals surface area (Å²) in [5.41, 5.74) is 4.56. The molecule has 1 fully saturated rings. The summed E-state index contributed by atoms with van der Waals surface area (Å²) in [6, 6.07) is 15.5. The molecule has 174 valence electrons. The van der Waals surface area contributed by atoms with E-state index in [2.05, 4.69) is 26.7 Å². The molecule has 0 saturated heterocycles. The van der Waals surface area contributed by atoms with Crippen LogP contribution in [0, 0.1) is 17.2 Å². The molecule has 7 nitrogen and oxygen atoms in total. The highest BCUT2D eigenvalue weighted by Gasteiger charge is 2.24. The van der Waals surface area contributed by atoms with Gasteiger partial charge in [-0.3, -0.25) is 9.78 Å². The number of nitrogens with one attached hydrogen (secondary N) is 2. The van der Waals surface area contributed by atoms with Crippen molar-refractivity contribution in [2.24, 2.45) is 5.92 Å². The number of anilines is 3. The van der Waals surface area contributed by atoms with Crippen molar-refractivity contribution in [3.8, 4) is 27.8 Å². The number of hydrogen-bond donors (Lipinski definition) is 2. The Hall–Kier alpha value is -3.74. The van der Waals surface area contributed by atoms with Gasteiger partial charge in [0.25, 0.3) is 0 Å². The SMILES string of the molecule is CSc1sc(-c2ccnc(Nc3cccc(NC(=O)CC4CC4)c3)n2)c(-c2cccnc2)c1C#N. The lowest BCUT2D eigenvalue weighted by Crippen LogP contribution is -2.12. The molecule has 1 aliphatic carbocycles. The summed E-state index contributed by atoms with van der Waals surface area (Å²) in [7, 11) is 0. The van der Waals surface area contributed by atoms with Crippen molar-refractivity contribution in [2.45, 2.75) is 23.5 Å². The Kier molecular flexibility index (Phi) is 6.75. The van der Waals surface area contributed by atoms with Gasteiger partial charge >= 0.3 is 0 Å². The Morgan fingerprint density at radius 1 is 1.20 bits per heavy atom. The highest BCUT2D eigenvalue weighted by atomic mass is 32.2. The Balaban J connectivity index is 1.43. The Labute approximate surface area is 211 Å². The maximum atomic E-state index is 12.2. The summed E-state index contributed by atoms with van der Waals surface area (Å²) in [4.78, 5) is 26.4. The number of thiophene rings is 1. The first-order valence-corrected chi connectivity index (χ1v) is 13.2. The van der Waals surface area contributed by atoms with E-state index in [1.165, 1.54) is 11.3 Å². The van der Waals surface area contributed by atoms with Crippen LogP contribution in [0.25, 0.3) is 21.7 Å². The van der Waals surface area contributed by atoms with Crippen LogP contribution in [0.1, 0.15) is 24.8 Å². The van der Waals surface area contributed by atoms with Crippen LogP contribution in [-0.4, -0.2) is 27.1 Å². The van der Waals surface area contributed by atoms with E-state index in [0.29, 0.717) is 23.9 Å². The molecule has 9 heteroatoms. The molecule has 3 aromatic heterocycles. The molecule has 0 atom stereocenters. The van der Waals surface area contributed by atoms with Crippen molar-refractivity contribution in [3.05, 3.63) is 66.6 Å². The number of carbonyl (C=O) groups excluding carboxylic acids is 1. The summed E-state index contributed by atoms with van der Waals surface area (Å²) in [6.45, 7) is 0. The molecule has 0 radical (unpaired) electrons. The summed E-state index contributed by atoms with van der Waals surface area (Å²) >= 11 is 3.09. The molecule has 1 amide bonds. The van der Waals surface area contributed by atoms with Crippen LogP contribution in [0.3, 0.4) is 0 Å². The molecule has 35 heavy (non-hydrogen) atoms. The maximum absolute atomic E-state index is 12.2. The minimum Gasteiger partial charge on any atom is -0.326 e. The molecule has 0 aliphatic heterocycles. The van der Waals surface area contributed by atoms with Crippen LogP contribution in [-0.2, 0) is 4.79 Å². The zero-order valence-electron chi connectivity index (χ0n) is 19.0. The fourth-order valence-corrected chi connectivity index (χ4v) is 5.68. The smallest absolute Gasteiger partial charge is 0.227 e. The van der Waals surface area contributed by atoms with E-state index >= 15 is 0 Å². The van der Waals surface area contributed by atoms with Gasteiger partial charge in [0.1, 0.15) is 6.07 Å². The second-order valence-electron chi connectivity index (χ2n) is 8.19. The normalized spacial score (nSPS) is 12.7. The lowest BCUT2D eigenvalue weighted by atomic mass is 10.0. The molecule has 5 rings (SSSR count). The van der Waals surface area contributed by atoms with E-state index in [1.54, 1.807) is 30.4 Å². The van der Waals surface area contributed by atoms with E-state index in [1.807, 2.05) is 48.7 Å². The molecular formula is C26H22N6OS2. The second-order valence-corrected chi connectivity index (χ2v) is 10.3. The van der Waals surface area contributed by atoms with Crippen LogP contribution >= 0.6 is 23.1 Å². The Morgan fingerprint density at radius 3 is 2.80 bits per heavy atom. The third-order valence-electron chi connectivity index (χ3n) is 5.59. The van der Waals surface area contributed by atoms with Crippen molar-refractivity contribution in [1.29, 1.82) is 5.26 Å². The zero-order chi connectivity index (χ0) is 24.2. The fraction of sp³-hybridized carbons (Fsp3) is 0.192. The Morgan fingerprint density at radius 2 is 2.06 bits per heavy atom. The molecule has 3 heterocycles. The number of nitrogens with zero attached hydrogens (tertiary/aromatic N) is 4. The number of rotatable bonds is 8. The van der Waals surface area contributed by atoms with Gasteiger partial charge in [0.05, 0.1) is 20.3 Å². The first kappa shape index (κ1) is 23.0. The third-order valence-corrected chi connectivity index (χ3v) is 7.92. The zero-order valence-corrected chi connectivity index (χ0v) is 20.6. The molecule has 1 aliphatic rings. The molecule has 2 N–H and O–H groups in total. The highest BCUT2D eigenvalue weighted by molar-refractivity contribution is 8.00. The number of carbonyl (C=O) groups is 1. The lowest BCUT2D eigenvalue weighted by molar-refractivity contribution is -0.116. The number of benzene rings is 1. The predicted octanol–water partition coefficient (Wildman–Crippen LogP) is 6.34. The number of amides is 1. The number of nitriles is 1. The van der Waals surface area contributed by atoms with Crippen LogP contribution in [0.5, 0.6) is 0 Å². The largest absolute Gasteiger partial charge is 0.326 e. The first-order chi connectivity index (χ1) is 17.1. The van der Waals surface area contributed by atoms with Gasteiger partial charge in [0, 0.05) is 47.5 Å². The van der Waals surface area contributed by atoms with Crippen LogP contribution in [0.15, 0.2) is 65.3 Å². The van der Waals surface area contributed by atoms with Crippen LogP contribution < -0.4 is 10.6 Å². The molecular weight excluding hydrogens is 476 g/mol. The van der Waals surface area contributed by atoms with Gasteiger partial charge in [-0.15, -0.1) is 23.1 Å². The summed E-state index contributed by atoms with van der Waals surface area (Å²) in [5.74, 6) is 1.01. The second kappa shape index (κ2) is 10.3.